The summed E-state index contributed by atoms with van der Waals surface area (Å²) < 4.78 is 30.0. The van der Waals surface area contributed by atoms with Crippen LogP contribution in [-0.2, 0) is 14.3 Å². The molecule has 0 bridgehead atoms. The summed E-state index contributed by atoms with van der Waals surface area (Å²) in [5, 5.41) is 0. The van der Waals surface area contributed by atoms with Crippen LogP contribution in [0.25, 0.3) is 0 Å². The molecule has 0 radical (unpaired) electrons. The van der Waals surface area contributed by atoms with Crippen molar-refractivity contribution in [2.75, 3.05) is 6.61 Å². The summed E-state index contributed by atoms with van der Waals surface area (Å²) in [6.07, 6.45) is 16.5. The fourth-order valence-electron chi connectivity index (χ4n) is 2.96. The summed E-state index contributed by atoms with van der Waals surface area (Å²) in [6, 6.07) is 6.54. The van der Waals surface area contributed by atoms with Gasteiger partial charge in [0.1, 0.15) is 0 Å². The highest BCUT2D eigenvalue weighted by Crippen LogP contribution is 2.17. The van der Waals surface area contributed by atoms with Crippen LogP contribution in [-0.4, -0.2) is 15.0 Å². The van der Waals surface area contributed by atoms with E-state index in [1.54, 1.807) is 24.3 Å². The quantitative estimate of drug-likeness (QED) is 0.198. The number of hydrogen-bond donors (Lipinski definition) is 0. The number of hydrogen-bond acceptors (Lipinski definition) is 3. The van der Waals surface area contributed by atoms with Gasteiger partial charge in [-0.2, -0.15) is 8.42 Å². The smallest absolute Gasteiger partial charge is 0.266 e. The van der Waals surface area contributed by atoms with Crippen molar-refractivity contribution in [1.29, 1.82) is 0 Å². The van der Waals surface area contributed by atoms with Crippen molar-refractivity contribution in [3.63, 3.8) is 0 Å². The molecule has 0 amide bonds. The van der Waals surface area contributed by atoms with Crippen LogP contribution in [0.1, 0.15) is 90.4 Å². The van der Waals surface area contributed by atoms with Gasteiger partial charge in [-0.25, -0.2) is 0 Å². The molecule has 0 atom stereocenters. The maximum Gasteiger partial charge on any atom is 0.296 e. The van der Waals surface area contributed by atoms with Gasteiger partial charge in [-0.15, -0.1) is 0 Å². The molecule has 26 heavy (non-hydrogen) atoms. The molecule has 0 aliphatic rings. The van der Waals surface area contributed by atoms with E-state index in [0.29, 0.717) is 0 Å². The fraction of sp³-hybridized carbons (Fsp3) is 0.714. The molecule has 0 saturated heterocycles. The molecule has 0 aliphatic carbocycles. The van der Waals surface area contributed by atoms with E-state index in [1.165, 1.54) is 64.2 Å². The van der Waals surface area contributed by atoms with Gasteiger partial charge in [0, 0.05) is 4.47 Å². The first-order valence-electron chi connectivity index (χ1n) is 10.2. The highest BCUT2D eigenvalue weighted by molar-refractivity contribution is 9.10. The minimum Gasteiger partial charge on any atom is -0.266 e. The van der Waals surface area contributed by atoms with Crippen LogP contribution in [0.4, 0.5) is 0 Å². The van der Waals surface area contributed by atoms with Gasteiger partial charge in [-0.3, -0.25) is 4.18 Å². The molecule has 0 unspecified atom stereocenters. The second kappa shape index (κ2) is 14.6. The van der Waals surface area contributed by atoms with Crippen LogP contribution < -0.4 is 0 Å². The Balaban J connectivity index is 1.94. The van der Waals surface area contributed by atoms with Gasteiger partial charge in [0.2, 0.25) is 0 Å². The number of unbranched alkanes of at least 4 members (excludes halogenated alkanes) is 12. The summed E-state index contributed by atoms with van der Waals surface area (Å²) in [5.74, 6) is 0. The highest BCUT2D eigenvalue weighted by Gasteiger charge is 2.14. The van der Waals surface area contributed by atoms with Crippen molar-refractivity contribution in [3.8, 4) is 0 Å². The molecule has 0 heterocycles. The third-order valence-corrected chi connectivity index (χ3v) is 6.44. The summed E-state index contributed by atoms with van der Waals surface area (Å²) in [4.78, 5) is 0.218. The lowest BCUT2D eigenvalue weighted by atomic mass is 10.0. The van der Waals surface area contributed by atoms with Crippen molar-refractivity contribution in [3.05, 3.63) is 28.7 Å². The predicted octanol–water partition coefficient (Wildman–Crippen LogP) is 7.25. The summed E-state index contributed by atoms with van der Waals surface area (Å²) in [6.45, 7) is 2.53. The average Bonchev–Trinajstić information content (AvgIpc) is 2.62. The van der Waals surface area contributed by atoms with Gasteiger partial charge in [0.25, 0.3) is 10.1 Å². The first-order valence-corrected chi connectivity index (χ1v) is 12.4. The van der Waals surface area contributed by atoms with Gasteiger partial charge in [0.05, 0.1) is 11.5 Å². The summed E-state index contributed by atoms with van der Waals surface area (Å²) in [7, 11) is -3.61. The molecular weight excluding hydrogens is 412 g/mol. The Hall–Kier alpha value is -0.390. The Kier molecular flexibility index (Phi) is 13.3. The van der Waals surface area contributed by atoms with Crippen LogP contribution in [0.5, 0.6) is 0 Å². The molecule has 1 aromatic carbocycles. The lowest BCUT2D eigenvalue weighted by molar-refractivity contribution is 0.306. The van der Waals surface area contributed by atoms with E-state index in [0.717, 1.165) is 23.7 Å². The molecule has 0 N–H and O–H groups in total. The van der Waals surface area contributed by atoms with Crippen LogP contribution in [0.15, 0.2) is 33.6 Å². The van der Waals surface area contributed by atoms with Crippen LogP contribution in [0.3, 0.4) is 0 Å². The van der Waals surface area contributed by atoms with Gasteiger partial charge in [-0.05, 0) is 30.7 Å². The fourth-order valence-corrected chi connectivity index (χ4v) is 4.16. The summed E-state index contributed by atoms with van der Waals surface area (Å²) in [5.41, 5.74) is 0. The van der Waals surface area contributed by atoms with E-state index >= 15 is 0 Å². The predicted molar refractivity (Wildman–Crippen MR) is 113 cm³/mol. The van der Waals surface area contributed by atoms with E-state index in [2.05, 4.69) is 22.9 Å². The zero-order valence-electron chi connectivity index (χ0n) is 16.2. The maximum absolute atomic E-state index is 12.0. The van der Waals surface area contributed by atoms with Crippen LogP contribution in [0.2, 0.25) is 0 Å². The van der Waals surface area contributed by atoms with Crippen LogP contribution >= 0.6 is 15.9 Å². The average molecular weight is 447 g/mol. The molecule has 0 fully saturated rings. The van der Waals surface area contributed by atoms with E-state index in [9.17, 15) is 8.42 Å². The highest BCUT2D eigenvalue weighted by atomic mass is 79.9. The van der Waals surface area contributed by atoms with E-state index in [1.807, 2.05) is 0 Å². The second-order valence-corrected chi connectivity index (χ2v) is 9.50. The molecule has 0 spiro atoms. The number of halogens is 1. The van der Waals surface area contributed by atoms with E-state index < -0.39 is 10.1 Å². The Morgan fingerprint density at radius 1 is 0.731 bits per heavy atom. The molecule has 5 heteroatoms. The lowest BCUT2D eigenvalue weighted by Gasteiger charge is -2.06. The molecule has 0 saturated carbocycles. The van der Waals surface area contributed by atoms with Gasteiger partial charge < -0.3 is 0 Å². The molecule has 0 aliphatic heterocycles. The molecule has 150 valence electrons. The standard InChI is InChI=1S/C21H35BrO3S/c1-2-3-4-5-6-7-8-9-10-11-12-13-14-19-25-26(23,24)21-17-15-20(22)16-18-21/h15-18H,2-14,19H2,1H3. The van der Waals surface area contributed by atoms with Crippen molar-refractivity contribution in [1.82, 2.24) is 0 Å². The first kappa shape index (κ1) is 23.6. The Bertz CT molecular complexity index is 555. The van der Waals surface area contributed by atoms with E-state index in [-0.39, 0.29) is 11.5 Å². The van der Waals surface area contributed by atoms with Gasteiger partial charge in [-0.1, -0.05) is 99.9 Å². The van der Waals surface area contributed by atoms with Gasteiger partial charge in [0.15, 0.2) is 0 Å². The maximum atomic E-state index is 12.0. The molecule has 0 aromatic heterocycles. The largest absolute Gasteiger partial charge is 0.296 e. The minimum absolute atomic E-state index is 0.218. The summed E-state index contributed by atoms with van der Waals surface area (Å²) >= 11 is 3.30. The molecule has 3 nitrogen and oxygen atoms in total. The first-order chi connectivity index (χ1) is 12.6. The number of rotatable bonds is 16. The topological polar surface area (TPSA) is 43.4 Å². The Morgan fingerprint density at radius 3 is 1.62 bits per heavy atom. The molecule has 1 aromatic rings. The molecule has 1 rings (SSSR count). The minimum atomic E-state index is -3.61. The van der Waals surface area contributed by atoms with Crippen LogP contribution in [0, 0.1) is 0 Å². The third-order valence-electron chi connectivity index (χ3n) is 4.59. The second-order valence-electron chi connectivity index (χ2n) is 6.97. The molecular formula is C21H35BrO3S. The Labute approximate surface area is 169 Å². The van der Waals surface area contributed by atoms with E-state index in [4.69, 9.17) is 4.18 Å². The van der Waals surface area contributed by atoms with Gasteiger partial charge >= 0.3 is 0 Å². The lowest BCUT2D eigenvalue weighted by Crippen LogP contribution is -2.07. The number of benzene rings is 1. The normalized spacial score (nSPS) is 11.8. The zero-order valence-corrected chi connectivity index (χ0v) is 18.6. The van der Waals surface area contributed by atoms with Crippen molar-refractivity contribution in [2.24, 2.45) is 0 Å². The third kappa shape index (κ3) is 11.3. The SMILES string of the molecule is CCCCCCCCCCCCCCCOS(=O)(=O)c1ccc(Br)cc1. The van der Waals surface area contributed by atoms with Crippen molar-refractivity contribution < 1.29 is 12.6 Å². The van der Waals surface area contributed by atoms with Crippen molar-refractivity contribution >= 4 is 26.0 Å². The zero-order chi connectivity index (χ0) is 19.1. The monoisotopic (exact) mass is 446 g/mol. The Morgan fingerprint density at radius 2 is 1.15 bits per heavy atom. The van der Waals surface area contributed by atoms with Crippen molar-refractivity contribution in [2.45, 2.75) is 95.3 Å².